The van der Waals surface area contributed by atoms with E-state index in [0.29, 0.717) is 0 Å². The van der Waals surface area contributed by atoms with Crippen LogP contribution in [0.2, 0.25) is 0 Å². The van der Waals surface area contributed by atoms with Crippen molar-refractivity contribution in [1.29, 1.82) is 0 Å². The topological polar surface area (TPSA) is 97.2 Å². The van der Waals surface area contributed by atoms with E-state index in [1.807, 2.05) is 30.3 Å². The van der Waals surface area contributed by atoms with Crippen LogP contribution in [-0.4, -0.2) is 51.9 Å². The first-order valence-corrected chi connectivity index (χ1v) is 9.64. The molecule has 0 saturated carbocycles. The summed E-state index contributed by atoms with van der Waals surface area (Å²) in [6.07, 6.45) is -0.703. The Morgan fingerprint density at radius 2 is 2.07 bits per heavy atom. The predicted octanol–water partition coefficient (Wildman–Crippen LogP) is 2.52. The van der Waals surface area contributed by atoms with Gasteiger partial charge in [-0.2, -0.15) is 0 Å². The highest BCUT2D eigenvalue weighted by molar-refractivity contribution is 8.14. The Morgan fingerprint density at radius 3 is 2.67 bits per heavy atom. The lowest BCUT2D eigenvalue weighted by Gasteiger charge is -2.23. The summed E-state index contributed by atoms with van der Waals surface area (Å²) in [5, 5.41) is 13.1. The van der Waals surface area contributed by atoms with Crippen molar-refractivity contribution >= 4 is 28.9 Å². The van der Waals surface area contributed by atoms with Crippen LogP contribution in [0.15, 0.2) is 35.3 Å². The fourth-order valence-electron chi connectivity index (χ4n) is 2.31. The number of carbonyl (C=O) groups is 2. The molecule has 1 aromatic rings. The Labute approximate surface area is 164 Å². The van der Waals surface area contributed by atoms with Gasteiger partial charge in [-0.25, -0.2) is 14.6 Å². The summed E-state index contributed by atoms with van der Waals surface area (Å²) in [6.45, 7) is 6.88. The number of hydrogen-bond acceptors (Lipinski definition) is 7. The average molecular weight is 395 g/mol. The Hall–Kier alpha value is -2.06. The van der Waals surface area contributed by atoms with Crippen molar-refractivity contribution < 1.29 is 25.5 Å². The number of hydrogen-bond donors (Lipinski definition) is 2. The number of alkyl carbamates (subject to hydrolysis) is 1. The van der Waals surface area contributed by atoms with E-state index in [1.54, 1.807) is 27.7 Å². The zero-order valence-corrected chi connectivity index (χ0v) is 16.8. The number of carbonyl (C=O) groups excluding carboxylic acids is 2. The highest BCUT2D eigenvalue weighted by atomic mass is 32.2. The van der Waals surface area contributed by atoms with Crippen LogP contribution in [0.4, 0.5) is 4.79 Å². The molecule has 0 aliphatic carbocycles. The smallest absolute Gasteiger partial charge is 0.408 e. The minimum absolute atomic E-state index is 0.0812. The van der Waals surface area contributed by atoms with Gasteiger partial charge in [-0.3, -0.25) is 0 Å². The van der Waals surface area contributed by atoms with Crippen LogP contribution in [0.1, 0.15) is 34.6 Å². The second-order valence-corrected chi connectivity index (χ2v) is 7.97. The summed E-state index contributed by atoms with van der Waals surface area (Å²) in [5.74, 6) is -0.969. The number of nitrogens with one attached hydrogen (secondary N) is 1. The third-order valence-corrected chi connectivity index (χ3v) is 4.59. The van der Waals surface area contributed by atoms with Crippen molar-refractivity contribution in [3.63, 3.8) is 0 Å². The molecule has 7 nitrogen and oxygen atoms in total. The van der Waals surface area contributed by atoms with Gasteiger partial charge in [0.15, 0.2) is 0 Å². The maximum atomic E-state index is 12.3. The summed E-state index contributed by atoms with van der Waals surface area (Å²) in [6, 6.07) is 7.40. The number of rotatable bonds is 6. The first-order valence-electron chi connectivity index (χ1n) is 9.15. The molecule has 0 radical (unpaired) electrons. The number of ether oxygens (including phenoxy) is 2. The number of esters is 1. The van der Waals surface area contributed by atoms with Crippen molar-refractivity contribution in [2.45, 2.75) is 51.5 Å². The normalized spacial score (nSPS) is 22.3. The third-order valence-electron chi connectivity index (χ3n) is 3.43. The van der Waals surface area contributed by atoms with Crippen molar-refractivity contribution in [1.82, 2.24) is 5.32 Å². The molecule has 8 heteroatoms. The molecule has 1 aromatic carbocycles. The molecule has 1 amide bonds. The lowest BCUT2D eigenvalue weighted by Crippen LogP contribution is -2.44. The van der Waals surface area contributed by atoms with Gasteiger partial charge in [0.25, 0.3) is 5.72 Å². The number of thioether (sulfide) groups is 1. The monoisotopic (exact) mass is 395 g/mol. The van der Waals surface area contributed by atoms with Gasteiger partial charge >= 0.3 is 12.1 Å². The SMILES string of the molecule is [2H][C@@](Cc1ccccc1)(NC(=O)OC(C)(C)C)C1=NC(O)(C(=O)OCC)CS1. The molecule has 0 aromatic heterocycles. The summed E-state index contributed by atoms with van der Waals surface area (Å²) in [4.78, 5) is 28.4. The van der Waals surface area contributed by atoms with Crippen molar-refractivity contribution in [3.05, 3.63) is 35.9 Å². The van der Waals surface area contributed by atoms with Gasteiger partial charge in [-0.1, -0.05) is 30.3 Å². The second-order valence-electron chi connectivity index (χ2n) is 7.01. The maximum absolute atomic E-state index is 12.3. The minimum Gasteiger partial charge on any atom is -0.462 e. The summed E-state index contributed by atoms with van der Waals surface area (Å²) in [5.41, 5.74) is -2.04. The lowest BCUT2D eigenvalue weighted by molar-refractivity contribution is -0.161. The van der Waals surface area contributed by atoms with Crippen LogP contribution in [-0.2, 0) is 20.7 Å². The Morgan fingerprint density at radius 1 is 1.41 bits per heavy atom. The molecule has 0 fully saturated rings. The third kappa shape index (κ3) is 6.25. The Kier molecular flexibility index (Phi) is 6.38. The number of amides is 1. The van der Waals surface area contributed by atoms with Crippen LogP contribution in [0.25, 0.3) is 0 Å². The quantitative estimate of drug-likeness (QED) is 0.719. The molecular weight excluding hydrogens is 368 g/mol. The second kappa shape index (κ2) is 8.75. The van der Waals surface area contributed by atoms with Crippen LogP contribution in [0, 0.1) is 0 Å². The van der Waals surface area contributed by atoms with E-state index in [4.69, 9.17) is 10.8 Å². The van der Waals surface area contributed by atoms with Gasteiger partial charge in [0, 0.05) is 0 Å². The van der Waals surface area contributed by atoms with E-state index in [0.717, 1.165) is 17.3 Å². The van der Waals surface area contributed by atoms with E-state index in [2.05, 4.69) is 10.3 Å². The number of aliphatic imine (C=N–C) groups is 1. The molecular formula is C19H26N2O5S. The van der Waals surface area contributed by atoms with Gasteiger partial charge in [-0.15, -0.1) is 11.8 Å². The Bertz CT molecular complexity index is 752. The molecule has 1 unspecified atom stereocenters. The molecule has 0 spiro atoms. The fourth-order valence-corrected chi connectivity index (χ4v) is 3.34. The van der Waals surface area contributed by atoms with Gasteiger partial charge < -0.3 is 19.9 Å². The molecule has 2 rings (SSSR count). The van der Waals surface area contributed by atoms with E-state index in [1.165, 1.54) is 0 Å². The molecule has 2 N–H and O–H groups in total. The molecule has 0 saturated heterocycles. The van der Waals surface area contributed by atoms with E-state index in [9.17, 15) is 14.7 Å². The van der Waals surface area contributed by atoms with E-state index < -0.39 is 29.4 Å². The van der Waals surface area contributed by atoms with Crippen molar-refractivity contribution in [2.75, 3.05) is 12.4 Å². The zero-order chi connectivity index (χ0) is 21.0. The van der Waals surface area contributed by atoms with E-state index in [-0.39, 0.29) is 23.8 Å². The van der Waals surface area contributed by atoms with Crippen LogP contribution < -0.4 is 5.32 Å². The number of nitrogens with zero attached hydrogens (tertiary/aromatic N) is 1. The molecule has 148 valence electrons. The van der Waals surface area contributed by atoms with Crippen LogP contribution >= 0.6 is 11.8 Å². The van der Waals surface area contributed by atoms with Gasteiger partial charge in [0.05, 0.1) is 24.8 Å². The maximum Gasteiger partial charge on any atom is 0.408 e. The largest absolute Gasteiger partial charge is 0.462 e. The van der Waals surface area contributed by atoms with Crippen molar-refractivity contribution in [2.24, 2.45) is 4.99 Å². The average Bonchev–Trinajstić information content (AvgIpc) is 2.98. The van der Waals surface area contributed by atoms with Gasteiger partial charge in [-0.05, 0) is 39.7 Å². The predicted molar refractivity (Wildman–Crippen MR) is 105 cm³/mol. The molecule has 1 aliphatic heterocycles. The Balaban J connectivity index is 2.33. The van der Waals surface area contributed by atoms with Gasteiger partial charge in [0.2, 0.25) is 0 Å². The van der Waals surface area contributed by atoms with Crippen LogP contribution in [0.3, 0.4) is 0 Å². The molecule has 1 heterocycles. The summed E-state index contributed by atoms with van der Waals surface area (Å²) >= 11 is 1.03. The molecule has 2 atom stereocenters. The van der Waals surface area contributed by atoms with E-state index >= 15 is 0 Å². The molecule has 1 aliphatic rings. The summed E-state index contributed by atoms with van der Waals surface area (Å²) < 4.78 is 19.0. The van der Waals surface area contributed by atoms with Gasteiger partial charge in [0.1, 0.15) is 5.60 Å². The van der Waals surface area contributed by atoms with Crippen LogP contribution in [0.5, 0.6) is 0 Å². The first-order chi connectivity index (χ1) is 13.0. The molecule has 27 heavy (non-hydrogen) atoms. The highest BCUT2D eigenvalue weighted by Gasteiger charge is 2.44. The molecule has 0 bridgehead atoms. The standard InChI is InChI=1S/C19H26N2O5S/c1-5-25-16(22)19(24)12-27-15(21-19)14(11-13-9-7-6-8-10-13)20-17(23)26-18(2,3)4/h6-10,14,24H,5,11-12H2,1-4H3,(H,20,23)/t14-,19?/m0/s1/i14D. The first kappa shape index (κ1) is 19.7. The fraction of sp³-hybridized carbons (Fsp3) is 0.526. The minimum atomic E-state index is -2.07. The summed E-state index contributed by atoms with van der Waals surface area (Å²) in [7, 11) is 0. The lowest BCUT2D eigenvalue weighted by atomic mass is 10.1. The number of benzene rings is 1. The zero-order valence-electron chi connectivity index (χ0n) is 16.9. The number of aliphatic hydroxyl groups is 1. The van der Waals surface area contributed by atoms with Crippen molar-refractivity contribution in [3.8, 4) is 0 Å². The highest BCUT2D eigenvalue weighted by Crippen LogP contribution is 2.29.